The third-order valence-corrected chi connectivity index (χ3v) is 7.00. The molecule has 1 heterocycles. The zero-order valence-corrected chi connectivity index (χ0v) is 20.9. The second kappa shape index (κ2) is 12.2. The van der Waals surface area contributed by atoms with Crippen LogP contribution in [-0.4, -0.2) is 55.4 Å². The van der Waals surface area contributed by atoms with Gasteiger partial charge in [-0.15, -0.1) is 0 Å². The van der Waals surface area contributed by atoms with Crippen molar-refractivity contribution in [1.82, 2.24) is 4.90 Å². The summed E-state index contributed by atoms with van der Waals surface area (Å²) in [4.78, 5) is 4.67. The molecule has 0 aliphatic carbocycles. The van der Waals surface area contributed by atoms with Crippen LogP contribution < -0.4 is 15.4 Å². The molecule has 1 atom stereocenters. The van der Waals surface area contributed by atoms with Crippen LogP contribution >= 0.6 is 0 Å². The number of rotatable bonds is 8. The van der Waals surface area contributed by atoms with E-state index in [-0.39, 0.29) is 19.9 Å². The maximum Gasteiger partial charge on any atom is 0.123 e. The van der Waals surface area contributed by atoms with E-state index in [0.29, 0.717) is 6.54 Å². The fourth-order valence-corrected chi connectivity index (χ4v) is 4.60. The molecule has 0 spiro atoms. The number of aliphatic hydroxyl groups is 1. The Morgan fingerprint density at radius 1 is 0.917 bits per heavy atom. The summed E-state index contributed by atoms with van der Waals surface area (Å²) in [6.45, 7) is 10.5. The van der Waals surface area contributed by atoms with Gasteiger partial charge in [0, 0.05) is 44.1 Å². The number of nitrogen functional groups attached to an aromatic ring is 1. The number of nitrogens with two attached hydrogens (primary N) is 1. The van der Waals surface area contributed by atoms with Gasteiger partial charge in [-0.3, -0.25) is 4.90 Å². The molecule has 3 N–H and O–H groups in total. The Kier molecular flexibility index (Phi) is 9.35. The van der Waals surface area contributed by atoms with E-state index in [9.17, 15) is 9.50 Å². The molecule has 4 rings (SSSR count). The van der Waals surface area contributed by atoms with Gasteiger partial charge < -0.3 is 20.5 Å². The van der Waals surface area contributed by atoms with Gasteiger partial charge in [-0.2, -0.15) is 0 Å². The third-order valence-electron chi connectivity index (χ3n) is 7.00. The van der Waals surface area contributed by atoms with Crippen LogP contribution in [-0.2, 0) is 6.42 Å². The lowest BCUT2D eigenvalue weighted by molar-refractivity contribution is 0.0660. The number of hydrogen-bond acceptors (Lipinski definition) is 5. The number of piperazine rings is 1. The number of aryl methyl sites for hydroxylation is 1. The third kappa shape index (κ3) is 6.77. The number of ether oxygens (including phenoxy) is 1. The van der Waals surface area contributed by atoms with Crippen LogP contribution in [0.4, 0.5) is 15.8 Å². The monoisotopic (exact) mass is 493 g/mol. The highest BCUT2D eigenvalue weighted by Gasteiger charge is 2.20. The van der Waals surface area contributed by atoms with E-state index < -0.39 is 6.10 Å². The van der Waals surface area contributed by atoms with Crippen LogP contribution in [0.2, 0.25) is 0 Å². The van der Waals surface area contributed by atoms with Crippen molar-refractivity contribution in [3.63, 3.8) is 0 Å². The molecule has 3 aromatic carbocycles. The smallest absolute Gasteiger partial charge is 0.123 e. The largest absolute Gasteiger partial charge is 0.491 e. The fourth-order valence-electron chi connectivity index (χ4n) is 4.60. The highest BCUT2D eigenvalue weighted by Crippen LogP contribution is 2.29. The van der Waals surface area contributed by atoms with Gasteiger partial charge >= 0.3 is 0 Å². The second-order valence-corrected chi connectivity index (χ2v) is 9.58. The first-order valence-corrected chi connectivity index (χ1v) is 12.3. The van der Waals surface area contributed by atoms with Gasteiger partial charge in [0.05, 0.1) is 0 Å². The van der Waals surface area contributed by atoms with Crippen LogP contribution in [0.1, 0.15) is 35.2 Å². The molecule has 1 aliphatic heterocycles. The summed E-state index contributed by atoms with van der Waals surface area (Å²) in [5.74, 6) is 0.589. The number of nitrogens with zero attached hydrogens (tertiary/aromatic N) is 2. The van der Waals surface area contributed by atoms with E-state index in [4.69, 9.17) is 10.5 Å². The molecule has 0 bridgehead atoms. The average molecular weight is 494 g/mol. The summed E-state index contributed by atoms with van der Waals surface area (Å²) in [7, 11) is 0. The van der Waals surface area contributed by atoms with Gasteiger partial charge in [0.15, 0.2) is 0 Å². The summed E-state index contributed by atoms with van der Waals surface area (Å²) in [6.07, 6.45) is 0.244. The van der Waals surface area contributed by atoms with Gasteiger partial charge in [0.2, 0.25) is 0 Å². The van der Waals surface area contributed by atoms with Gasteiger partial charge in [-0.25, -0.2) is 4.39 Å². The maximum atomic E-state index is 13.1. The molecule has 0 amide bonds. The van der Waals surface area contributed by atoms with Crippen LogP contribution in [0.15, 0.2) is 54.6 Å². The van der Waals surface area contributed by atoms with E-state index in [1.54, 1.807) is 0 Å². The molecule has 5 nitrogen and oxygen atoms in total. The van der Waals surface area contributed by atoms with Crippen LogP contribution in [0.25, 0.3) is 0 Å². The fraction of sp³-hybridized carbons (Fsp3) is 0.400. The molecular formula is C30H40FN3O2. The Hall–Kier alpha value is -3.09. The highest BCUT2D eigenvalue weighted by atomic mass is 19.1. The minimum Gasteiger partial charge on any atom is -0.491 e. The second-order valence-electron chi connectivity index (χ2n) is 9.58. The lowest BCUT2D eigenvalue weighted by atomic mass is 10.0. The number of hydrogen-bond donors (Lipinski definition) is 2. The Bertz CT molecular complexity index is 1120. The van der Waals surface area contributed by atoms with E-state index in [2.05, 4.69) is 34.1 Å². The van der Waals surface area contributed by atoms with Gasteiger partial charge in [-0.1, -0.05) is 31.7 Å². The Labute approximate surface area is 215 Å². The normalized spacial score (nSPS) is 14.9. The first-order valence-electron chi connectivity index (χ1n) is 12.3. The number of halogens is 1. The molecule has 1 saturated heterocycles. The number of aliphatic hydroxyl groups excluding tert-OH is 1. The molecule has 1 fully saturated rings. The predicted molar refractivity (Wildman–Crippen MR) is 148 cm³/mol. The number of anilines is 2. The summed E-state index contributed by atoms with van der Waals surface area (Å²) in [5, 5.41) is 10.6. The maximum absolute atomic E-state index is 13.1. The summed E-state index contributed by atoms with van der Waals surface area (Å²) < 4.78 is 19.1. The molecule has 1 aliphatic rings. The molecule has 0 radical (unpaired) electrons. The molecule has 0 saturated carbocycles. The minimum absolute atomic E-state index is 0. The Balaban J connectivity index is 0.00000361. The quantitative estimate of drug-likeness (QED) is 0.427. The first kappa shape index (κ1) is 27.5. The van der Waals surface area contributed by atoms with Crippen LogP contribution in [0.5, 0.6) is 5.75 Å². The zero-order valence-electron chi connectivity index (χ0n) is 20.9. The SMILES string of the molecule is C.Cc1cc(OCC(O)CN2CCN(c3ccc(Cc4ccc(F)cc4)cc3)CC2)c(C)c(C)c1N. The first-order chi connectivity index (χ1) is 16.8. The van der Waals surface area contributed by atoms with Crippen molar-refractivity contribution in [1.29, 1.82) is 0 Å². The summed E-state index contributed by atoms with van der Waals surface area (Å²) in [5.41, 5.74) is 13.5. The molecule has 36 heavy (non-hydrogen) atoms. The van der Waals surface area contributed by atoms with Gasteiger partial charge in [-0.05, 0) is 85.3 Å². The van der Waals surface area contributed by atoms with Crippen LogP contribution in [0, 0.1) is 26.6 Å². The molecule has 0 aromatic heterocycles. The molecule has 194 valence electrons. The lowest BCUT2D eigenvalue weighted by Gasteiger charge is -2.37. The van der Waals surface area contributed by atoms with Crippen LogP contribution in [0.3, 0.4) is 0 Å². The highest BCUT2D eigenvalue weighted by molar-refractivity contribution is 5.60. The van der Waals surface area contributed by atoms with Gasteiger partial charge in [0.25, 0.3) is 0 Å². The van der Waals surface area contributed by atoms with E-state index in [1.165, 1.54) is 23.4 Å². The average Bonchev–Trinajstić information content (AvgIpc) is 2.86. The molecular weight excluding hydrogens is 453 g/mol. The minimum atomic E-state index is -0.551. The van der Waals surface area contributed by atoms with E-state index in [0.717, 1.165) is 66.3 Å². The van der Waals surface area contributed by atoms with Crippen molar-refractivity contribution in [2.45, 2.75) is 40.7 Å². The molecule has 6 heteroatoms. The molecule has 3 aromatic rings. The topological polar surface area (TPSA) is 62.0 Å². The molecule has 1 unspecified atom stereocenters. The van der Waals surface area contributed by atoms with Crippen molar-refractivity contribution < 1.29 is 14.2 Å². The Morgan fingerprint density at radius 3 is 2.11 bits per heavy atom. The predicted octanol–water partition coefficient (Wildman–Crippen LogP) is 5.12. The lowest BCUT2D eigenvalue weighted by Crippen LogP contribution is -2.49. The van der Waals surface area contributed by atoms with Crippen molar-refractivity contribution in [3.8, 4) is 5.75 Å². The van der Waals surface area contributed by atoms with Crippen molar-refractivity contribution in [2.75, 3.05) is 50.0 Å². The Morgan fingerprint density at radius 2 is 1.50 bits per heavy atom. The van der Waals surface area contributed by atoms with Gasteiger partial charge in [0.1, 0.15) is 24.3 Å². The zero-order chi connectivity index (χ0) is 24.9. The van der Waals surface area contributed by atoms with E-state index >= 15 is 0 Å². The number of benzene rings is 3. The summed E-state index contributed by atoms with van der Waals surface area (Å²) in [6, 6.07) is 17.3. The standard InChI is InChI=1S/C29H36FN3O2.CH4/c1-20-16-28(21(2)22(3)29(20)31)35-19-27(34)18-32-12-14-33(15-13-32)26-10-6-24(7-11-26)17-23-4-8-25(30)9-5-23;/h4-11,16,27,34H,12-15,17-19,31H2,1-3H3;1H4. The number of β-amino-alcohol motifs (C(OH)–C–C–N with tert-alkyl or cyclic N) is 1. The van der Waals surface area contributed by atoms with Crippen molar-refractivity contribution in [2.24, 2.45) is 0 Å². The van der Waals surface area contributed by atoms with Crippen molar-refractivity contribution >= 4 is 11.4 Å². The van der Waals surface area contributed by atoms with E-state index in [1.807, 2.05) is 39.0 Å². The van der Waals surface area contributed by atoms with Crippen molar-refractivity contribution in [3.05, 3.63) is 88.2 Å². The summed E-state index contributed by atoms with van der Waals surface area (Å²) >= 11 is 0.